The van der Waals surface area contributed by atoms with E-state index in [1.165, 1.54) is 19.4 Å². The van der Waals surface area contributed by atoms with Crippen LogP contribution in [-0.2, 0) is 10.0 Å². The molecule has 6 nitrogen and oxygen atoms in total. The van der Waals surface area contributed by atoms with Gasteiger partial charge < -0.3 is 4.90 Å². The first-order valence-electron chi connectivity index (χ1n) is 5.68. The molecule has 1 aromatic rings. The topological polar surface area (TPSA) is 75.2 Å². The van der Waals surface area contributed by atoms with Crippen LogP contribution in [0, 0.1) is 0 Å². The third kappa shape index (κ3) is 2.90. The fourth-order valence-electron chi connectivity index (χ4n) is 2.01. The molecule has 0 aliphatic carbocycles. The third-order valence-corrected chi connectivity index (χ3v) is 5.02. The molecule has 2 rings (SSSR count). The fraction of sp³-hybridized carbons (Fsp3) is 0.600. The van der Waals surface area contributed by atoms with E-state index >= 15 is 0 Å². The van der Waals surface area contributed by atoms with Gasteiger partial charge in [-0.2, -0.15) is 0 Å². The molecule has 1 aromatic heterocycles. The van der Waals surface area contributed by atoms with E-state index in [-0.39, 0.29) is 0 Å². The molecule has 1 fully saturated rings. The van der Waals surface area contributed by atoms with Gasteiger partial charge in [0.25, 0.3) is 0 Å². The lowest BCUT2D eigenvalue weighted by Crippen LogP contribution is -2.46. The first-order valence-corrected chi connectivity index (χ1v) is 7.60. The Morgan fingerprint density at radius 1 is 1.44 bits per heavy atom. The normalized spacial score (nSPS) is 21.0. The molecule has 0 bridgehead atoms. The van der Waals surface area contributed by atoms with E-state index in [0.717, 1.165) is 13.0 Å². The quantitative estimate of drug-likeness (QED) is 0.884. The summed E-state index contributed by atoms with van der Waals surface area (Å²) in [5.41, 5.74) is 0. The van der Waals surface area contributed by atoms with E-state index in [1.54, 1.807) is 0 Å². The highest BCUT2D eigenvalue weighted by Gasteiger charge is 2.30. The number of nitrogens with one attached hydrogen (secondary N) is 1. The Bertz CT molecular complexity index is 505. The van der Waals surface area contributed by atoms with Gasteiger partial charge in [-0.25, -0.2) is 23.1 Å². The van der Waals surface area contributed by atoms with Gasteiger partial charge in [0.05, 0.1) is 22.7 Å². The molecular weight excluding hydrogens is 276 g/mol. The molecule has 1 atom stereocenters. The van der Waals surface area contributed by atoms with E-state index in [9.17, 15) is 8.42 Å². The Hall–Kier alpha value is -0.920. The van der Waals surface area contributed by atoms with Crippen LogP contribution in [0.1, 0.15) is 12.8 Å². The molecular formula is C10H15ClN4O2S. The summed E-state index contributed by atoms with van der Waals surface area (Å²) >= 11 is 5.72. The molecule has 1 saturated heterocycles. The molecule has 100 valence electrons. The lowest BCUT2D eigenvalue weighted by atomic mass is 10.1. The maximum absolute atomic E-state index is 11.8. The minimum atomic E-state index is -3.24. The first kappa shape index (κ1) is 13.5. The monoisotopic (exact) mass is 290 g/mol. The average molecular weight is 291 g/mol. The predicted octanol–water partition coefficient (Wildman–Crippen LogP) is 0.648. The van der Waals surface area contributed by atoms with Gasteiger partial charge >= 0.3 is 0 Å². The van der Waals surface area contributed by atoms with Crippen LogP contribution in [0.15, 0.2) is 12.4 Å². The molecule has 0 spiro atoms. The van der Waals surface area contributed by atoms with Crippen LogP contribution in [0.3, 0.4) is 0 Å². The van der Waals surface area contributed by atoms with Crippen LogP contribution in [0.4, 0.5) is 5.95 Å². The van der Waals surface area contributed by atoms with Crippen molar-refractivity contribution in [1.29, 1.82) is 0 Å². The summed E-state index contributed by atoms with van der Waals surface area (Å²) < 4.78 is 25.9. The Kier molecular flexibility index (Phi) is 4.04. The zero-order valence-electron chi connectivity index (χ0n) is 10.0. The van der Waals surface area contributed by atoms with Crippen molar-refractivity contribution in [2.75, 3.05) is 25.0 Å². The second kappa shape index (κ2) is 5.38. The minimum Gasteiger partial charge on any atom is -0.339 e. The van der Waals surface area contributed by atoms with E-state index < -0.39 is 15.3 Å². The van der Waals surface area contributed by atoms with E-state index in [0.29, 0.717) is 23.9 Å². The van der Waals surface area contributed by atoms with Gasteiger partial charge in [-0.15, -0.1) is 0 Å². The Morgan fingerprint density at radius 2 is 2.11 bits per heavy atom. The summed E-state index contributed by atoms with van der Waals surface area (Å²) in [4.78, 5) is 10.1. The zero-order valence-corrected chi connectivity index (χ0v) is 11.6. The molecule has 0 unspecified atom stereocenters. The molecule has 1 N–H and O–H groups in total. The van der Waals surface area contributed by atoms with Crippen LogP contribution in [0.25, 0.3) is 0 Å². The fourth-order valence-corrected chi connectivity index (χ4v) is 3.29. The summed E-state index contributed by atoms with van der Waals surface area (Å²) in [5, 5.41) is 0.0469. The lowest BCUT2D eigenvalue weighted by Gasteiger charge is -2.32. The first-order chi connectivity index (χ1) is 8.53. The van der Waals surface area contributed by atoms with Gasteiger partial charge in [0, 0.05) is 13.1 Å². The van der Waals surface area contributed by atoms with E-state index in [2.05, 4.69) is 14.7 Å². The number of aromatic nitrogens is 2. The molecule has 0 aromatic carbocycles. The van der Waals surface area contributed by atoms with Gasteiger partial charge in [-0.3, -0.25) is 0 Å². The number of hydrogen-bond donors (Lipinski definition) is 1. The molecule has 1 aliphatic rings. The van der Waals surface area contributed by atoms with Crippen molar-refractivity contribution in [1.82, 2.24) is 14.7 Å². The smallest absolute Gasteiger partial charge is 0.225 e. The highest BCUT2D eigenvalue weighted by molar-refractivity contribution is 7.90. The predicted molar refractivity (Wildman–Crippen MR) is 70.3 cm³/mol. The minimum absolute atomic E-state index is 0.408. The molecule has 8 heteroatoms. The van der Waals surface area contributed by atoms with Crippen LogP contribution >= 0.6 is 11.6 Å². The second-order valence-electron chi connectivity index (χ2n) is 4.16. The number of nitrogens with zero attached hydrogens (tertiary/aromatic N) is 3. The number of halogens is 1. The Labute approximate surface area is 111 Å². The van der Waals surface area contributed by atoms with Crippen molar-refractivity contribution in [2.45, 2.75) is 18.1 Å². The standard InChI is InChI=1S/C10H15ClN4O2S/c1-12-18(16,17)9-3-2-4-15(7-9)10-13-5-8(11)6-14-10/h5-6,9,12H,2-4,7H2,1H3/t9-/m0/s1. The highest BCUT2D eigenvalue weighted by Crippen LogP contribution is 2.20. The summed E-state index contributed by atoms with van der Waals surface area (Å²) in [6, 6.07) is 0. The second-order valence-corrected chi connectivity index (χ2v) is 6.76. The van der Waals surface area contributed by atoms with Gasteiger partial charge in [0.2, 0.25) is 16.0 Å². The third-order valence-electron chi connectivity index (χ3n) is 2.99. The molecule has 1 aliphatic heterocycles. The van der Waals surface area contributed by atoms with Gasteiger partial charge in [0.15, 0.2) is 0 Å². The highest BCUT2D eigenvalue weighted by atomic mass is 35.5. The maximum Gasteiger partial charge on any atom is 0.225 e. The SMILES string of the molecule is CNS(=O)(=O)[C@H]1CCCN(c2ncc(Cl)cn2)C1. The van der Waals surface area contributed by atoms with Crippen LogP contribution in [0.5, 0.6) is 0 Å². The average Bonchev–Trinajstić information content (AvgIpc) is 2.40. The van der Waals surface area contributed by atoms with Gasteiger partial charge in [-0.1, -0.05) is 11.6 Å². The van der Waals surface area contributed by atoms with Gasteiger partial charge in [0.1, 0.15) is 0 Å². The van der Waals surface area contributed by atoms with Crippen LogP contribution in [-0.4, -0.2) is 43.8 Å². The number of hydrogen-bond acceptors (Lipinski definition) is 5. The van der Waals surface area contributed by atoms with Crippen molar-refractivity contribution < 1.29 is 8.42 Å². The number of rotatable bonds is 3. The van der Waals surface area contributed by atoms with E-state index in [4.69, 9.17) is 11.6 Å². The Morgan fingerprint density at radius 3 is 2.72 bits per heavy atom. The zero-order chi connectivity index (χ0) is 13.2. The summed E-state index contributed by atoms with van der Waals surface area (Å²) in [6.07, 6.45) is 4.49. The van der Waals surface area contributed by atoms with Crippen LogP contribution < -0.4 is 9.62 Å². The molecule has 0 saturated carbocycles. The molecule has 0 radical (unpaired) electrons. The number of piperidine rings is 1. The van der Waals surface area contributed by atoms with Crippen molar-refractivity contribution in [3.05, 3.63) is 17.4 Å². The van der Waals surface area contributed by atoms with Crippen molar-refractivity contribution >= 4 is 27.6 Å². The van der Waals surface area contributed by atoms with Gasteiger partial charge in [-0.05, 0) is 19.9 Å². The lowest BCUT2D eigenvalue weighted by molar-refractivity contribution is 0.522. The van der Waals surface area contributed by atoms with Crippen molar-refractivity contribution in [3.63, 3.8) is 0 Å². The molecule has 18 heavy (non-hydrogen) atoms. The summed E-state index contributed by atoms with van der Waals surface area (Å²) in [6.45, 7) is 1.17. The van der Waals surface area contributed by atoms with Crippen molar-refractivity contribution in [3.8, 4) is 0 Å². The van der Waals surface area contributed by atoms with E-state index in [1.807, 2.05) is 4.90 Å². The summed E-state index contributed by atoms with van der Waals surface area (Å²) in [5.74, 6) is 0.524. The largest absolute Gasteiger partial charge is 0.339 e. The number of anilines is 1. The number of sulfonamides is 1. The summed E-state index contributed by atoms with van der Waals surface area (Å²) in [7, 11) is -1.81. The Balaban J connectivity index is 2.14. The van der Waals surface area contributed by atoms with Crippen molar-refractivity contribution in [2.24, 2.45) is 0 Å². The molecule has 2 heterocycles. The molecule has 0 amide bonds. The van der Waals surface area contributed by atoms with Crippen LogP contribution in [0.2, 0.25) is 5.02 Å². The maximum atomic E-state index is 11.8.